The van der Waals surface area contributed by atoms with Crippen LogP contribution in [0, 0.1) is 0 Å². The molecule has 0 saturated heterocycles. The molecule has 0 N–H and O–H groups in total. The van der Waals surface area contributed by atoms with Crippen LogP contribution >= 0.6 is 0 Å². The van der Waals surface area contributed by atoms with E-state index < -0.39 is 0 Å². The number of fused-ring (bicyclic) bond motifs is 2. The zero-order valence-electron chi connectivity index (χ0n) is 16.5. The van der Waals surface area contributed by atoms with Gasteiger partial charge in [0.05, 0.1) is 17.2 Å². The third-order valence-corrected chi connectivity index (χ3v) is 4.69. The maximum absolute atomic E-state index is 5.75. The Bertz CT molecular complexity index is 1040. The number of allylic oxidation sites excluding steroid dienone is 4. The molecule has 2 nitrogen and oxygen atoms in total. The predicted molar refractivity (Wildman–Crippen MR) is 110 cm³/mol. The van der Waals surface area contributed by atoms with Gasteiger partial charge < -0.3 is 29.2 Å². The van der Waals surface area contributed by atoms with Crippen LogP contribution in [0.15, 0.2) is 93.5 Å². The van der Waals surface area contributed by atoms with E-state index in [0.717, 1.165) is 30.1 Å². The molecule has 1 aromatic heterocycles. The Morgan fingerprint density at radius 2 is 1.79 bits per heavy atom. The van der Waals surface area contributed by atoms with Gasteiger partial charge in [0.15, 0.2) is 0 Å². The molecule has 1 radical (unpaired) electrons. The van der Waals surface area contributed by atoms with Gasteiger partial charge in [-0.15, -0.1) is 29.0 Å². The zero-order valence-corrected chi connectivity index (χ0v) is 20.4. The van der Waals surface area contributed by atoms with E-state index in [1.165, 1.54) is 27.6 Å². The molecule has 3 aromatic rings. The number of benzene rings is 1. The molecule has 0 saturated carbocycles. The van der Waals surface area contributed by atoms with Crippen molar-refractivity contribution in [2.24, 2.45) is 4.99 Å². The monoisotopic (exact) mass is 500 g/mol. The van der Waals surface area contributed by atoms with Crippen LogP contribution in [0.2, 0.25) is 0 Å². The van der Waals surface area contributed by atoms with E-state index in [1.807, 2.05) is 18.2 Å². The molecular weight excluding hydrogens is 480 g/mol. The van der Waals surface area contributed by atoms with E-state index in [0.29, 0.717) is 0 Å². The van der Waals surface area contributed by atoms with E-state index in [1.54, 1.807) is 0 Å². The number of rotatable bonds is 3. The summed E-state index contributed by atoms with van der Waals surface area (Å²) in [6, 6.07) is 16.8. The van der Waals surface area contributed by atoms with Crippen LogP contribution in [-0.2, 0) is 32.6 Å². The second kappa shape index (κ2) is 11.6. The SMILES string of the molecule is CCC1=NC2=CC=CC2=C1.CCc1ccc(-c2cc3ccccc3[cH-]2)o1.[Cl-].[Cl-].[Zr+3]. The van der Waals surface area contributed by atoms with E-state index >= 15 is 0 Å². The van der Waals surface area contributed by atoms with Crippen molar-refractivity contribution in [1.82, 2.24) is 0 Å². The number of nitrogens with zero attached hydrogens (tertiary/aromatic N) is 1. The molecule has 0 bridgehead atoms. The molecule has 0 atom stereocenters. The quantitative estimate of drug-likeness (QED) is 0.483. The molecule has 2 heterocycles. The first-order chi connectivity index (χ1) is 12.8. The average Bonchev–Trinajstić information content (AvgIpc) is 3.43. The van der Waals surface area contributed by atoms with Gasteiger partial charge in [-0.3, -0.25) is 4.99 Å². The van der Waals surface area contributed by atoms with E-state index in [9.17, 15) is 0 Å². The molecule has 1 aliphatic heterocycles. The Hall–Kier alpha value is -1.54. The fourth-order valence-electron chi connectivity index (χ4n) is 3.21. The number of aryl methyl sites for hydroxylation is 1. The third-order valence-electron chi connectivity index (χ3n) is 4.69. The van der Waals surface area contributed by atoms with Gasteiger partial charge in [-0.05, 0) is 30.7 Å². The molecule has 29 heavy (non-hydrogen) atoms. The average molecular weight is 503 g/mol. The van der Waals surface area contributed by atoms with Gasteiger partial charge in [-0.1, -0.05) is 49.8 Å². The van der Waals surface area contributed by atoms with Crippen LogP contribution in [-0.4, -0.2) is 5.71 Å². The molecule has 0 spiro atoms. The van der Waals surface area contributed by atoms with Gasteiger partial charge in [-0.2, -0.15) is 0 Å². The van der Waals surface area contributed by atoms with Crippen LogP contribution in [0.1, 0.15) is 26.0 Å². The minimum atomic E-state index is 0. The standard InChI is InChI=1S/C15H13O.C9H9N.2ClH.Zr/c1-2-14-7-8-15(16-14)13-9-11-5-3-4-6-12(11)10-13;1-2-8-6-7-4-3-5-9(7)10-8;;;/h3-10H,2H2,1H3;3-6H,2H2,1H3;2*1H;/q-1;;;;+3/p-2. The summed E-state index contributed by atoms with van der Waals surface area (Å²) in [4.78, 5) is 4.39. The van der Waals surface area contributed by atoms with Gasteiger partial charge >= 0.3 is 26.2 Å². The molecular formula is C24H22Cl2NOZr. The summed E-state index contributed by atoms with van der Waals surface area (Å²) in [5.41, 5.74) is 4.78. The van der Waals surface area contributed by atoms with Gasteiger partial charge in [0, 0.05) is 17.7 Å². The van der Waals surface area contributed by atoms with Crippen molar-refractivity contribution in [2.45, 2.75) is 26.7 Å². The Kier molecular flexibility index (Phi) is 10.2. The maximum atomic E-state index is 5.75. The normalized spacial score (nSPS) is 13.1. The second-order valence-electron chi connectivity index (χ2n) is 6.46. The first kappa shape index (κ1) is 25.5. The molecule has 0 amide bonds. The van der Waals surface area contributed by atoms with Crippen molar-refractivity contribution >= 4 is 16.5 Å². The van der Waals surface area contributed by atoms with E-state index in [-0.39, 0.29) is 51.0 Å². The van der Waals surface area contributed by atoms with Gasteiger partial charge in [0.1, 0.15) is 0 Å². The summed E-state index contributed by atoms with van der Waals surface area (Å²) in [6.45, 7) is 4.23. The minimum Gasteiger partial charge on any atom is -1.00 e. The zero-order chi connectivity index (χ0) is 17.9. The van der Waals surface area contributed by atoms with Gasteiger partial charge in [-0.25, -0.2) is 0 Å². The smallest absolute Gasteiger partial charge is 1.00 e. The van der Waals surface area contributed by atoms with Crippen molar-refractivity contribution in [2.75, 3.05) is 0 Å². The minimum absolute atomic E-state index is 0. The van der Waals surface area contributed by atoms with Crippen LogP contribution in [0.3, 0.4) is 0 Å². The first-order valence-electron chi connectivity index (χ1n) is 9.19. The largest absolute Gasteiger partial charge is 3.00 e. The number of furan rings is 1. The molecule has 0 fully saturated rings. The van der Waals surface area contributed by atoms with Crippen molar-refractivity contribution < 1.29 is 55.4 Å². The van der Waals surface area contributed by atoms with Crippen molar-refractivity contribution in [3.8, 4) is 11.3 Å². The summed E-state index contributed by atoms with van der Waals surface area (Å²) < 4.78 is 5.75. The third kappa shape index (κ3) is 5.75. The van der Waals surface area contributed by atoms with E-state index in [4.69, 9.17) is 4.42 Å². The molecule has 5 heteroatoms. The molecule has 5 rings (SSSR count). The van der Waals surface area contributed by atoms with E-state index in [2.05, 4.69) is 73.5 Å². The number of hydrogen-bond donors (Lipinski definition) is 0. The van der Waals surface area contributed by atoms with Crippen LogP contribution in [0.4, 0.5) is 0 Å². The second-order valence-corrected chi connectivity index (χ2v) is 6.46. The fraction of sp³-hybridized carbons (Fsp3) is 0.167. The summed E-state index contributed by atoms with van der Waals surface area (Å²) in [5, 5.41) is 2.54. The molecule has 2 aromatic carbocycles. The topological polar surface area (TPSA) is 25.5 Å². The molecule has 2 aliphatic rings. The number of halogens is 2. The predicted octanol–water partition coefficient (Wildman–Crippen LogP) is 0.618. The first-order valence-corrected chi connectivity index (χ1v) is 9.19. The summed E-state index contributed by atoms with van der Waals surface area (Å²) in [7, 11) is 0. The number of aliphatic imine (C=N–C) groups is 1. The van der Waals surface area contributed by atoms with Gasteiger partial charge in [0.2, 0.25) is 0 Å². The Labute approximate surface area is 203 Å². The van der Waals surface area contributed by atoms with Crippen LogP contribution < -0.4 is 24.8 Å². The Morgan fingerprint density at radius 3 is 2.45 bits per heavy atom. The van der Waals surface area contributed by atoms with Crippen molar-refractivity contribution in [3.05, 3.63) is 89.9 Å². The summed E-state index contributed by atoms with van der Waals surface area (Å²) in [5.74, 6) is 2.01. The summed E-state index contributed by atoms with van der Waals surface area (Å²) >= 11 is 0. The summed E-state index contributed by atoms with van der Waals surface area (Å²) in [6.07, 6.45) is 10.3. The fourth-order valence-corrected chi connectivity index (χ4v) is 3.21. The molecule has 0 unspecified atom stereocenters. The van der Waals surface area contributed by atoms with Crippen molar-refractivity contribution in [1.29, 1.82) is 0 Å². The van der Waals surface area contributed by atoms with Crippen molar-refractivity contribution in [3.63, 3.8) is 0 Å². The molecule has 147 valence electrons. The van der Waals surface area contributed by atoms with Crippen LogP contribution in [0.25, 0.3) is 22.1 Å². The molecule has 1 aliphatic carbocycles. The van der Waals surface area contributed by atoms with Gasteiger partial charge in [0.25, 0.3) is 0 Å². The maximum Gasteiger partial charge on any atom is 3.00 e. The van der Waals surface area contributed by atoms with Crippen LogP contribution in [0.5, 0.6) is 0 Å². The number of hydrogen-bond acceptors (Lipinski definition) is 2. The Morgan fingerprint density at radius 1 is 1.00 bits per heavy atom. The Balaban J connectivity index is 0.000000285.